The number of hydrogen-bond donors (Lipinski definition) is 2. The van der Waals surface area contributed by atoms with Gasteiger partial charge in [0.2, 0.25) is 11.8 Å². The molecule has 1 aromatic rings. The standard InChI is InChI=1S/C19H25ClN4O2.2ClH/c20-14-5-6-15(22-9-14)23-18(25)13-2-1-7-24(10-13)19(26)16-11-3-4-12(8-11)17(16)21;;/h5-6,9,11-13,16-17H,1-4,7-8,10,21H2,(H,22,23,25);2*1H. The number of carbonyl (C=O) groups excluding carboxylic acids is 2. The van der Waals surface area contributed by atoms with E-state index in [-0.39, 0.29) is 54.5 Å². The average Bonchev–Trinajstić information content (AvgIpc) is 3.24. The molecule has 3 aliphatic rings. The van der Waals surface area contributed by atoms with Crippen LogP contribution in [0, 0.1) is 23.7 Å². The molecular weight excluding hydrogens is 423 g/mol. The van der Waals surface area contributed by atoms with Gasteiger partial charge in [-0.15, -0.1) is 24.8 Å². The highest BCUT2D eigenvalue weighted by Crippen LogP contribution is 2.48. The van der Waals surface area contributed by atoms with Crippen LogP contribution in [0.4, 0.5) is 5.82 Å². The summed E-state index contributed by atoms with van der Waals surface area (Å²) in [5, 5.41) is 3.36. The topological polar surface area (TPSA) is 88.3 Å². The van der Waals surface area contributed by atoms with Gasteiger partial charge in [0.25, 0.3) is 0 Å². The zero-order chi connectivity index (χ0) is 18.3. The van der Waals surface area contributed by atoms with Crippen LogP contribution in [0.25, 0.3) is 0 Å². The number of pyridine rings is 1. The predicted molar refractivity (Wildman–Crippen MR) is 114 cm³/mol. The van der Waals surface area contributed by atoms with Crippen LogP contribution in [0.5, 0.6) is 0 Å². The van der Waals surface area contributed by atoms with Crippen LogP contribution >= 0.6 is 36.4 Å². The van der Waals surface area contributed by atoms with Crippen LogP contribution in [-0.2, 0) is 9.59 Å². The van der Waals surface area contributed by atoms with Gasteiger partial charge in [0.1, 0.15) is 5.82 Å². The van der Waals surface area contributed by atoms with Crippen molar-refractivity contribution >= 4 is 54.0 Å². The molecule has 5 unspecified atom stereocenters. The van der Waals surface area contributed by atoms with E-state index in [0.717, 1.165) is 38.6 Å². The minimum absolute atomic E-state index is 0. The van der Waals surface area contributed by atoms with Crippen molar-refractivity contribution in [3.63, 3.8) is 0 Å². The molecule has 1 aromatic heterocycles. The number of carbonyl (C=O) groups is 2. The van der Waals surface area contributed by atoms with Crippen LogP contribution in [0.3, 0.4) is 0 Å². The fourth-order valence-electron chi connectivity index (χ4n) is 4.98. The first kappa shape index (κ1) is 23.2. The zero-order valence-electron chi connectivity index (χ0n) is 15.6. The molecule has 5 atom stereocenters. The first-order valence-electron chi connectivity index (χ1n) is 9.49. The Labute approximate surface area is 182 Å². The van der Waals surface area contributed by atoms with Gasteiger partial charge in [-0.1, -0.05) is 11.6 Å². The summed E-state index contributed by atoms with van der Waals surface area (Å²) in [5.74, 6) is 1.25. The van der Waals surface area contributed by atoms with Crippen LogP contribution < -0.4 is 11.1 Å². The molecule has 1 aliphatic heterocycles. The summed E-state index contributed by atoms with van der Waals surface area (Å²) in [6.45, 7) is 1.20. The summed E-state index contributed by atoms with van der Waals surface area (Å²) in [6.07, 6.45) is 6.51. The third kappa shape index (κ3) is 4.56. The van der Waals surface area contributed by atoms with Crippen molar-refractivity contribution in [2.75, 3.05) is 18.4 Å². The quantitative estimate of drug-likeness (QED) is 0.742. The maximum atomic E-state index is 13.1. The van der Waals surface area contributed by atoms with Gasteiger partial charge in [-0.3, -0.25) is 9.59 Å². The van der Waals surface area contributed by atoms with Gasteiger partial charge in [-0.25, -0.2) is 4.98 Å². The minimum Gasteiger partial charge on any atom is -0.342 e. The molecule has 0 spiro atoms. The second-order valence-electron chi connectivity index (χ2n) is 7.91. The molecule has 6 nitrogen and oxygen atoms in total. The normalized spacial score (nSPS) is 30.9. The van der Waals surface area contributed by atoms with Crippen molar-refractivity contribution in [3.05, 3.63) is 23.4 Å². The summed E-state index contributed by atoms with van der Waals surface area (Å²) in [7, 11) is 0. The number of amides is 2. The summed E-state index contributed by atoms with van der Waals surface area (Å²) < 4.78 is 0. The Bertz CT molecular complexity index is 701. The van der Waals surface area contributed by atoms with Crippen molar-refractivity contribution in [3.8, 4) is 0 Å². The molecule has 2 heterocycles. The number of hydrogen-bond acceptors (Lipinski definition) is 4. The van der Waals surface area contributed by atoms with Crippen LogP contribution in [0.15, 0.2) is 18.3 Å². The van der Waals surface area contributed by atoms with Crippen molar-refractivity contribution in [1.82, 2.24) is 9.88 Å². The Morgan fingerprint density at radius 2 is 1.93 bits per heavy atom. The first-order valence-corrected chi connectivity index (χ1v) is 9.87. The molecule has 0 aromatic carbocycles. The molecule has 3 N–H and O–H groups in total. The number of anilines is 1. The maximum absolute atomic E-state index is 13.1. The lowest BCUT2D eigenvalue weighted by molar-refractivity contribution is -0.140. The number of likely N-dealkylation sites (tertiary alicyclic amines) is 1. The highest BCUT2D eigenvalue weighted by Gasteiger charge is 2.50. The second-order valence-corrected chi connectivity index (χ2v) is 8.35. The van der Waals surface area contributed by atoms with E-state index < -0.39 is 0 Å². The van der Waals surface area contributed by atoms with E-state index in [0.29, 0.717) is 29.2 Å². The lowest BCUT2D eigenvalue weighted by Gasteiger charge is -2.37. The Balaban J connectivity index is 0.00000140. The highest BCUT2D eigenvalue weighted by atomic mass is 35.5. The van der Waals surface area contributed by atoms with E-state index in [2.05, 4.69) is 10.3 Å². The molecule has 0 radical (unpaired) electrons. The monoisotopic (exact) mass is 448 g/mol. The van der Waals surface area contributed by atoms with Gasteiger partial charge in [-0.2, -0.15) is 0 Å². The number of rotatable bonds is 3. The predicted octanol–water partition coefficient (Wildman–Crippen LogP) is 3.13. The zero-order valence-corrected chi connectivity index (χ0v) is 17.9. The molecule has 2 bridgehead atoms. The summed E-state index contributed by atoms with van der Waals surface area (Å²) in [5.41, 5.74) is 6.33. The smallest absolute Gasteiger partial charge is 0.230 e. The molecule has 4 rings (SSSR count). The molecule has 2 aliphatic carbocycles. The van der Waals surface area contributed by atoms with Crippen LogP contribution in [0.2, 0.25) is 5.02 Å². The fraction of sp³-hybridized carbons (Fsp3) is 0.632. The van der Waals surface area contributed by atoms with Gasteiger partial charge in [-0.05, 0) is 56.1 Å². The van der Waals surface area contributed by atoms with E-state index in [1.165, 1.54) is 6.20 Å². The third-order valence-electron chi connectivity index (χ3n) is 6.35. The van der Waals surface area contributed by atoms with Crippen molar-refractivity contribution < 1.29 is 9.59 Å². The van der Waals surface area contributed by atoms with E-state index in [1.54, 1.807) is 12.1 Å². The van der Waals surface area contributed by atoms with E-state index in [9.17, 15) is 9.59 Å². The number of nitrogens with one attached hydrogen (secondary N) is 1. The van der Waals surface area contributed by atoms with Gasteiger partial charge in [0.05, 0.1) is 16.9 Å². The molecule has 28 heavy (non-hydrogen) atoms. The number of fused-ring (bicyclic) bond motifs is 2. The number of aromatic nitrogens is 1. The third-order valence-corrected chi connectivity index (χ3v) is 6.57. The molecule has 1 saturated heterocycles. The van der Waals surface area contributed by atoms with Gasteiger partial charge < -0.3 is 16.0 Å². The van der Waals surface area contributed by atoms with Crippen molar-refractivity contribution in [2.45, 2.75) is 38.1 Å². The number of halogens is 3. The maximum Gasteiger partial charge on any atom is 0.230 e. The minimum atomic E-state index is -0.208. The molecule has 9 heteroatoms. The van der Waals surface area contributed by atoms with E-state index in [1.807, 2.05) is 4.90 Å². The largest absolute Gasteiger partial charge is 0.342 e. The summed E-state index contributed by atoms with van der Waals surface area (Å²) in [4.78, 5) is 31.6. The van der Waals surface area contributed by atoms with Gasteiger partial charge in [0.15, 0.2) is 0 Å². The van der Waals surface area contributed by atoms with Crippen molar-refractivity contribution in [2.24, 2.45) is 29.4 Å². The highest BCUT2D eigenvalue weighted by molar-refractivity contribution is 6.30. The van der Waals surface area contributed by atoms with Crippen molar-refractivity contribution in [1.29, 1.82) is 0 Å². The summed E-state index contributed by atoms with van der Waals surface area (Å²) >= 11 is 5.82. The number of piperidine rings is 1. The Hall–Kier alpha value is -1.08. The van der Waals surface area contributed by atoms with Gasteiger partial charge >= 0.3 is 0 Å². The number of nitrogens with two attached hydrogens (primary N) is 1. The molecule has 3 fully saturated rings. The summed E-state index contributed by atoms with van der Waals surface area (Å²) in [6, 6.07) is 3.37. The Morgan fingerprint density at radius 1 is 1.18 bits per heavy atom. The lowest BCUT2D eigenvalue weighted by atomic mass is 9.83. The lowest BCUT2D eigenvalue weighted by Crippen LogP contribution is -2.51. The molecule has 156 valence electrons. The Kier molecular flexibility index (Phi) is 7.97. The molecule has 2 amide bonds. The fourth-order valence-corrected chi connectivity index (χ4v) is 5.09. The van der Waals surface area contributed by atoms with Crippen LogP contribution in [-0.4, -0.2) is 40.8 Å². The SMILES string of the molecule is Cl.Cl.NC1C2CCC(C2)C1C(=O)N1CCCC(C(=O)Nc2ccc(Cl)cn2)C1. The Morgan fingerprint density at radius 3 is 2.57 bits per heavy atom. The van der Waals surface area contributed by atoms with E-state index in [4.69, 9.17) is 17.3 Å². The number of nitrogens with zero attached hydrogens (tertiary/aromatic N) is 2. The second kappa shape index (κ2) is 9.61. The molecule has 2 saturated carbocycles. The molecular formula is C19H27Cl3N4O2. The first-order chi connectivity index (χ1) is 12.5. The van der Waals surface area contributed by atoms with E-state index >= 15 is 0 Å². The van der Waals surface area contributed by atoms with Crippen LogP contribution in [0.1, 0.15) is 32.1 Å². The average molecular weight is 450 g/mol. The van der Waals surface area contributed by atoms with Gasteiger partial charge in [0, 0.05) is 25.3 Å².